The highest BCUT2D eigenvalue weighted by Gasteiger charge is 2.08. The number of nitrogens with one attached hydrogen (secondary N) is 1. The van der Waals surface area contributed by atoms with E-state index in [2.05, 4.69) is 10.3 Å². The Morgan fingerprint density at radius 2 is 2.11 bits per heavy atom. The summed E-state index contributed by atoms with van der Waals surface area (Å²) >= 11 is 0. The fourth-order valence-electron chi connectivity index (χ4n) is 1.43. The van der Waals surface area contributed by atoms with Crippen LogP contribution in [-0.2, 0) is 0 Å². The molecule has 1 aromatic heterocycles. The first-order chi connectivity index (χ1) is 8.56. The molecule has 0 aliphatic carbocycles. The predicted molar refractivity (Wildman–Crippen MR) is 65.0 cm³/mol. The number of benzene rings is 1. The quantitative estimate of drug-likeness (QED) is 0.855. The van der Waals surface area contributed by atoms with Crippen LogP contribution in [-0.4, -0.2) is 16.0 Å². The Morgan fingerprint density at radius 3 is 2.78 bits per heavy atom. The van der Waals surface area contributed by atoms with Crippen LogP contribution >= 0.6 is 0 Å². The van der Waals surface area contributed by atoms with Gasteiger partial charge in [-0.25, -0.2) is 4.39 Å². The van der Waals surface area contributed by atoms with Gasteiger partial charge < -0.3 is 10.4 Å². The lowest BCUT2D eigenvalue weighted by molar-refractivity contribution is 0.102. The lowest BCUT2D eigenvalue weighted by Crippen LogP contribution is -2.12. The van der Waals surface area contributed by atoms with Crippen LogP contribution in [0.25, 0.3) is 0 Å². The summed E-state index contributed by atoms with van der Waals surface area (Å²) in [6, 6.07) is 5.70. The second-order valence-electron chi connectivity index (χ2n) is 3.85. The number of rotatable bonds is 2. The maximum Gasteiger partial charge on any atom is 0.257 e. The summed E-state index contributed by atoms with van der Waals surface area (Å²) in [6.45, 7) is 1.64. The third-order valence-corrected chi connectivity index (χ3v) is 2.42. The maximum atomic E-state index is 13.3. The molecular formula is C13H11FN2O2. The molecule has 2 rings (SSSR count). The summed E-state index contributed by atoms with van der Waals surface area (Å²) in [4.78, 5) is 15.5. The number of halogens is 1. The van der Waals surface area contributed by atoms with Gasteiger partial charge in [0.2, 0.25) is 0 Å². The number of amides is 1. The molecule has 0 aliphatic heterocycles. The summed E-state index contributed by atoms with van der Waals surface area (Å²) in [7, 11) is 0. The fourth-order valence-corrected chi connectivity index (χ4v) is 1.43. The van der Waals surface area contributed by atoms with Crippen molar-refractivity contribution < 1.29 is 14.3 Å². The molecule has 92 valence electrons. The van der Waals surface area contributed by atoms with E-state index in [9.17, 15) is 14.3 Å². The molecule has 0 fully saturated rings. The number of hydrogen-bond donors (Lipinski definition) is 2. The van der Waals surface area contributed by atoms with Crippen LogP contribution in [0, 0.1) is 12.7 Å². The van der Waals surface area contributed by atoms with E-state index in [0.29, 0.717) is 11.3 Å². The van der Waals surface area contributed by atoms with Gasteiger partial charge in [-0.15, -0.1) is 0 Å². The molecule has 2 aromatic rings. The van der Waals surface area contributed by atoms with Gasteiger partial charge in [0.1, 0.15) is 11.6 Å². The number of anilines is 1. The minimum Gasteiger partial charge on any atom is -0.506 e. The van der Waals surface area contributed by atoms with Crippen molar-refractivity contribution in [2.75, 3.05) is 5.32 Å². The van der Waals surface area contributed by atoms with Gasteiger partial charge in [-0.1, -0.05) is 6.07 Å². The van der Waals surface area contributed by atoms with Gasteiger partial charge in [0, 0.05) is 11.9 Å². The molecule has 1 amide bonds. The fraction of sp³-hybridized carbons (Fsp3) is 0.0769. The van der Waals surface area contributed by atoms with E-state index >= 15 is 0 Å². The Labute approximate surface area is 103 Å². The van der Waals surface area contributed by atoms with Gasteiger partial charge in [0.25, 0.3) is 5.91 Å². The molecule has 0 spiro atoms. The van der Waals surface area contributed by atoms with Crippen molar-refractivity contribution in [3.63, 3.8) is 0 Å². The molecule has 0 unspecified atom stereocenters. The van der Waals surface area contributed by atoms with Gasteiger partial charge in [0.15, 0.2) is 0 Å². The molecule has 18 heavy (non-hydrogen) atoms. The first-order valence-electron chi connectivity index (χ1n) is 5.28. The molecule has 1 aromatic carbocycles. The molecule has 0 saturated carbocycles. The lowest BCUT2D eigenvalue weighted by Gasteiger charge is -2.06. The van der Waals surface area contributed by atoms with Crippen molar-refractivity contribution in [3.8, 4) is 5.75 Å². The van der Waals surface area contributed by atoms with Gasteiger partial charge in [-0.3, -0.25) is 9.78 Å². The lowest BCUT2D eigenvalue weighted by atomic mass is 10.2. The van der Waals surface area contributed by atoms with Crippen LogP contribution in [0.1, 0.15) is 15.9 Å². The van der Waals surface area contributed by atoms with E-state index in [1.807, 2.05) is 0 Å². The number of pyridine rings is 1. The number of aromatic hydroxyl groups is 1. The summed E-state index contributed by atoms with van der Waals surface area (Å²) < 4.78 is 13.3. The summed E-state index contributed by atoms with van der Waals surface area (Å²) in [6.07, 6.45) is 2.54. The smallest absolute Gasteiger partial charge is 0.257 e. The zero-order chi connectivity index (χ0) is 13.1. The van der Waals surface area contributed by atoms with Crippen molar-refractivity contribution in [1.82, 2.24) is 4.98 Å². The Balaban J connectivity index is 2.18. The number of aryl methyl sites for hydroxylation is 1. The molecule has 0 bridgehead atoms. The van der Waals surface area contributed by atoms with E-state index in [1.54, 1.807) is 19.1 Å². The Hall–Kier alpha value is -2.43. The Kier molecular flexibility index (Phi) is 3.23. The van der Waals surface area contributed by atoms with Crippen LogP contribution in [0.4, 0.5) is 10.1 Å². The molecule has 1 heterocycles. The van der Waals surface area contributed by atoms with Crippen LogP contribution in [0.5, 0.6) is 5.75 Å². The number of carbonyl (C=O) groups is 1. The summed E-state index contributed by atoms with van der Waals surface area (Å²) in [5.74, 6) is -0.943. The van der Waals surface area contributed by atoms with Crippen molar-refractivity contribution >= 4 is 11.6 Å². The Morgan fingerprint density at radius 1 is 1.33 bits per heavy atom. The van der Waals surface area contributed by atoms with Crippen molar-refractivity contribution in [2.24, 2.45) is 0 Å². The van der Waals surface area contributed by atoms with E-state index in [-0.39, 0.29) is 17.1 Å². The Bertz CT molecular complexity index is 599. The third-order valence-electron chi connectivity index (χ3n) is 2.42. The zero-order valence-electron chi connectivity index (χ0n) is 9.64. The van der Waals surface area contributed by atoms with E-state index in [0.717, 1.165) is 0 Å². The third kappa shape index (κ3) is 2.63. The van der Waals surface area contributed by atoms with Gasteiger partial charge in [0.05, 0.1) is 11.8 Å². The van der Waals surface area contributed by atoms with Crippen LogP contribution in [0.2, 0.25) is 0 Å². The molecule has 0 atom stereocenters. The van der Waals surface area contributed by atoms with Crippen LogP contribution in [0.3, 0.4) is 0 Å². The second kappa shape index (κ2) is 4.83. The maximum absolute atomic E-state index is 13.3. The molecule has 0 aliphatic rings. The second-order valence-corrected chi connectivity index (χ2v) is 3.85. The zero-order valence-corrected chi connectivity index (χ0v) is 9.64. The van der Waals surface area contributed by atoms with E-state index < -0.39 is 5.91 Å². The average molecular weight is 246 g/mol. The predicted octanol–water partition coefficient (Wildman–Crippen LogP) is 2.49. The van der Waals surface area contributed by atoms with Crippen LogP contribution < -0.4 is 5.32 Å². The standard InChI is InChI=1S/C13H11FN2O2/c1-8-2-3-10(5-12(8)14)16-13(18)9-4-11(17)7-15-6-9/h2-7,17H,1H3,(H,16,18). The molecular weight excluding hydrogens is 235 g/mol. The minimum atomic E-state index is -0.457. The molecule has 2 N–H and O–H groups in total. The topological polar surface area (TPSA) is 62.2 Å². The number of aromatic nitrogens is 1. The van der Waals surface area contributed by atoms with E-state index in [4.69, 9.17) is 0 Å². The SMILES string of the molecule is Cc1ccc(NC(=O)c2cncc(O)c2)cc1F. The molecule has 0 saturated heterocycles. The average Bonchev–Trinajstić information content (AvgIpc) is 2.34. The first-order valence-corrected chi connectivity index (χ1v) is 5.28. The van der Waals surface area contributed by atoms with Crippen molar-refractivity contribution in [3.05, 3.63) is 53.6 Å². The van der Waals surface area contributed by atoms with Gasteiger partial charge in [-0.05, 0) is 30.7 Å². The number of hydrogen-bond acceptors (Lipinski definition) is 3. The minimum absolute atomic E-state index is 0.0993. The summed E-state index contributed by atoms with van der Waals surface area (Å²) in [5, 5.41) is 11.7. The highest BCUT2D eigenvalue weighted by molar-refractivity contribution is 6.04. The van der Waals surface area contributed by atoms with Gasteiger partial charge >= 0.3 is 0 Å². The van der Waals surface area contributed by atoms with E-state index in [1.165, 1.54) is 24.5 Å². The van der Waals surface area contributed by atoms with Crippen molar-refractivity contribution in [2.45, 2.75) is 6.92 Å². The van der Waals surface area contributed by atoms with Gasteiger partial charge in [-0.2, -0.15) is 0 Å². The van der Waals surface area contributed by atoms with Crippen LogP contribution in [0.15, 0.2) is 36.7 Å². The molecule has 5 heteroatoms. The largest absolute Gasteiger partial charge is 0.506 e. The van der Waals surface area contributed by atoms with Crippen molar-refractivity contribution in [1.29, 1.82) is 0 Å². The number of nitrogens with zero attached hydrogens (tertiary/aromatic N) is 1. The highest BCUT2D eigenvalue weighted by atomic mass is 19.1. The number of carbonyl (C=O) groups excluding carboxylic acids is 1. The molecule has 4 nitrogen and oxygen atoms in total. The first kappa shape index (κ1) is 12.0. The molecule has 0 radical (unpaired) electrons. The normalized spacial score (nSPS) is 10.1. The monoisotopic (exact) mass is 246 g/mol. The highest BCUT2D eigenvalue weighted by Crippen LogP contribution is 2.15. The summed E-state index contributed by atoms with van der Waals surface area (Å²) in [5.41, 5.74) is 1.06.